The summed E-state index contributed by atoms with van der Waals surface area (Å²) in [4.78, 5) is 6.39. The van der Waals surface area contributed by atoms with Crippen molar-refractivity contribution in [3.8, 4) is 0 Å². The summed E-state index contributed by atoms with van der Waals surface area (Å²) in [6.07, 6.45) is 2.29. The first-order chi connectivity index (χ1) is 9.90. The molecular formula is C14H23IN4O2S. The van der Waals surface area contributed by atoms with Crippen LogP contribution in [0.15, 0.2) is 34.2 Å². The summed E-state index contributed by atoms with van der Waals surface area (Å²) in [5.74, 6) is 0.465. The number of aliphatic imine (C=N–C) groups is 1. The first-order valence-electron chi connectivity index (χ1n) is 6.99. The van der Waals surface area contributed by atoms with E-state index < -0.39 is 10.0 Å². The molecule has 1 aromatic carbocycles. The van der Waals surface area contributed by atoms with Crippen LogP contribution in [0.4, 0.5) is 0 Å². The fourth-order valence-corrected chi connectivity index (χ4v) is 2.93. The van der Waals surface area contributed by atoms with E-state index in [1.807, 2.05) is 18.9 Å². The Balaban J connectivity index is 0.00000242. The van der Waals surface area contributed by atoms with Crippen LogP contribution in [0.5, 0.6) is 0 Å². The molecule has 0 amide bonds. The van der Waals surface area contributed by atoms with Crippen LogP contribution in [0.3, 0.4) is 0 Å². The topological polar surface area (TPSA) is 87.8 Å². The molecule has 3 N–H and O–H groups in total. The summed E-state index contributed by atoms with van der Waals surface area (Å²) in [6.45, 7) is 2.47. The maximum Gasteiger partial charge on any atom is 0.240 e. The molecule has 0 bridgehead atoms. The quantitative estimate of drug-likeness (QED) is 0.304. The van der Waals surface area contributed by atoms with Crippen molar-refractivity contribution < 1.29 is 8.42 Å². The first kappa shape index (κ1) is 19.2. The monoisotopic (exact) mass is 438 g/mol. The van der Waals surface area contributed by atoms with E-state index in [1.54, 1.807) is 24.3 Å². The molecule has 2 rings (SSSR count). The lowest BCUT2D eigenvalue weighted by Crippen LogP contribution is -2.36. The number of rotatable bonds is 6. The van der Waals surface area contributed by atoms with Gasteiger partial charge in [0.25, 0.3) is 0 Å². The maximum absolute atomic E-state index is 12.0. The van der Waals surface area contributed by atoms with Crippen molar-refractivity contribution in [2.24, 2.45) is 10.7 Å². The minimum atomic E-state index is -3.47. The average molecular weight is 438 g/mol. The highest BCUT2D eigenvalue weighted by molar-refractivity contribution is 14.0. The highest BCUT2D eigenvalue weighted by Gasteiger charge is 2.27. The second-order valence-electron chi connectivity index (χ2n) is 5.29. The lowest BCUT2D eigenvalue weighted by atomic mass is 10.2. The van der Waals surface area contributed by atoms with Crippen LogP contribution in [0.25, 0.3) is 0 Å². The van der Waals surface area contributed by atoms with Gasteiger partial charge in [-0.25, -0.2) is 13.1 Å². The van der Waals surface area contributed by atoms with E-state index in [0.29, 0.717) is 18.5 Å². The number of halogens is 1. The molecule has 0 radical (unpaired) electrons. The minimum absolute atomic E-state index is 0. The lowest BCUT2D eigenvalue weighted by molar-refractivity contribution is 0.487. The Morgan fingerprint density at radius 3 is 2.50 bits per heavy atom. The lowest BCUT2D eigenvalue weighted by Gasteiger charge is -2.16. The van der Waals surface area contributed by atoms with Crippen molar-refractivity contribution in [1.29, 1.82) is 0 Å². The number of nitrogens with zero attached hydrogens (tertiary/aromatic N) is 2. The van der Waals surface area contributed by atoms with E-state index in [-0.39, 0.29) is 35.4 Å². The maximum atomic E-state index is 12.0. The van der Waals surface area contributed by atoms with E-state index in [9.17, 15) is 8.42 Å². The Morgan fingerprint density at radius 1 is 1.36 bits per heavy atom. The van der Waals surface area contributed by atoms with Crippen molar-refractivity contribution in [2.45, 2.75) is 30.7 Å². The largest absolute Gasteiger partial charge is 0.370 e. The fraction of sp³-hybridized carbons (Fsp3) is 0.500. The first-order valence-corrected chi connectivity index (χ1v) is 8.47. The third-order valence-corrected chi connectivity index (χ3v) is 4.94. The molecule has 6 nitrogen and oxygen atoms in total. The zero-order valence-electron chi connectivity index (χ0n) is 12.8. The summed E-state index contributed by atoms with van der Waals surface area (Å²) in [7, 11) is -1.56. The molecule has 0 saturated heterocycles. The van der Waals surface area contributed by atoms with Gasteiger partial charge in [-0.05, 0) is 31.9 Å². The van der Waals surface area contributed by atoms with Gasteiger partial charge in [-0.3, -0.25) is 4.99 Å². The SMILES string of the molecule is Cc1ccc(S(=O)(=O)NCCN=C(N)N(C)C2CC2)cc1.I. The Hall–Kier alpha value is -0.870. The molecule has 0 spiro atoms. The molecular weight excluding hydrogens is 415 g/mol. The van der Waals surface area contributed by atoms with Crippen molar-refractivity contribution in [3.05, 3.63) is 29.8 Å². The van der Waals surface area contributed by atoms with Gasteiger partial charge in [0.15, 0.2) is 5.96 Å². The fourth-order valence-electron chi connectivity index (χ4n) is 1.91. The number of nitrogens with two attached hydrogens (primary N) is 1. The van der Waals surface area contributed by atoms with Gasteiger partial charge in [-0.1, -0.05) is 17.7 Å². The number of guanidine groups is 1. The predicted octanol–water partition coefficient (Wildman–Crippen LogP) is 1.30. The van der Waals surface area contributed by atoms with Crippen LogP contribution in [0.2, 0.25) is 0 Å². The molecule has 0 heterocycles. The molecule has 0 aromatic heterocycles. The number of hydrogen-bond donors (Lipinski definition) is 2. The average Bonchev–Trinajstić information content (AvgIpc) is 3.27. The Morgan fingerprint density at radius 2 is 1.95 bits per heavy atom. The smallest absolute Gasteiger partial charge is 0.240 e. The van der Waals surface area contributed by atoms with Crippen molar-refractivity contribution in [2.75, 3.05) is 20.1 Å². The number of nitrogens with one attached hydrogen (secondary N) is 1. The zero-order chi connectivity index (χ0) is 15.5. The van der Waals surface area contributed by atoms with Crippen LogP contribution in [-0.4, -0.2) is 45.5 Å². The molecule has 0 unspecified atom stereocenters. The molecule has 124 valence electrons. The summed E-state index contributed by atoms with van der Waals surface area (Å²) in [6, 6.07) is 7.23. The molecule has 1 fully saturated rings. The number of sulfonamides is 1. The van der Waals surface area contributed by atoms with E-state index in [4.69, 9.17) is 5.73 Å². The Bertz CT molecular complexity index is 612. The standard InChI is InChI=1S/C14H22N4O2S.HI/c1-11-3-7-13(8-4-11)21(19,20)17-10-9-16-14(15)18(2)12-5-6-12;/h3-4,7-8,12,17H,5-6,9-10H2,1-2H3,(H2,15,16);1H. The molecule has 1 aliphatic rings. The second-order valence-corrected chi connectivity index (χ2v) is 7.06. The molecule has 1 aromatic rings. The summed E-state index contributed by atoms with van der Waals surface area (Å²) in [5.41, 5.74) is 6.86. The van der Waals surface area contributed by atoms with Crippen LogP contribution >= 0.6 is 24.0 Å². The van der Waals surface area contributed by atoms with Crippen molar-refractivity contribution in [3.63, 3.8) is 0 Å². The van der Waals surface area contributed by atoms with E-state index in [2.05, 4.69) is 9.71 Å². The van der Waals surface area contributed by atoms with Gasteiger partial charge in [0.2, 0.25) is 10.0 Å². The van der Waals surface area contributed by atoms with E-state index >= 15 is 0 Å². The van der Waals surface area contributed by atoms with E-state index in [0.717, 1.165) is 18.4 Å². The van der Waals surface area contributed by atoms with Crippen LogP contribution in [0.1, 0.15) is 18.4 Å². The van der Waals surface area contributed by atoms with Gasteiger partial charge in [0.05, 0.1) is 11.4 Å². The molecule has 0 atom stereocenters. The number of aryl methyl sites for hydroxylation is 1. The molecule has 22 heavy (non-hydrogen) atoms. The highest BCUT2D eigenvalue weighted by Crippen LogP contribution is 2.24. The van der Waals surface area contributed by atoms with Crippen LogP contribution in [0, 0.1) is 6.92 Å². The predicted molar refractivity (Wildman–Crippen MR) is 99.1 cm³/mol. The van der Waals surface area contributed by atoms with Gasteiger partial charge in [0.1, 0.15) is 0 Å². The van der Waals surface area contributed by atoms with Crippen LogP contribution in [-0.2, 0) is 10.0 Å². The Kier molecular flexibility index (Phi) is 7.07. The molecule has 8 heteroatoms. The highest BCUT2D eigenvalue weighted by atomic mass is 127. The third kappa shape index (κ3) is 5.40. The molecule has 1 saturated carbocycles. The van der Waals surface area contributed by atoms with Gasteiger partial charge >= 0.3 is 0 Å². The molecule has 1 aliphatic carbocycles. The van der Waals surface area contributed by atoms with Gasteiger partial charge in [-0.2, -0.15) is 0 Å². The summed E-state index contributed by atoms with van der Waals surface area (Å²) >= 11 is 0. The van der Waals surface area contributed by atoms with Gasteiger partial charge in [-0.15, -0.1) is 24.0 Å². The van der Waals surface area contributed by atoms with Crippen molar-refractivity contribution in [1.82, 2.24) is 9.62 Å². The number of hydrogen-bond acceptors (Lipinski definition) is 3. The zero-order valence-corrected chi connectivity index (χ0v) is 16.0. The van der Waals surface area contributed by atoms with E-state index in [1.165, 1.54) is 0 Å². The number of benzene rings is 1. The van der Waals surface area contributed by atoms with Crippen molar-refractivity contribution >= 4 is 40.0 Å². The Labute approximate surface area is 149 Å². The second kappa shape index (κ2) is 8.11. The van der Waals surface area contributed by atoms with Crippen LogP contribution < -0.4 is 10.5 Å². The van der Waals surface area contributed by atoms with Gasteiger partial charge in [0, 0.05) is 19.6 Å². The third-order valence-electron chi connectivity index (χ3n) is 3.46. The summed E-state index contributed by atoms with van der Waals surface area (Å²) in [5, 5.41) is 0. The molecule has 0 aliphatic heterocycles. The van der Waals surface area contributed by atoms with Gasteiger partial charge < -0.3 is 10.6 Å². The minimum Gasteiger partial charge on any atom is -0.370 e. The summed E-state index contributed by atoms with van der Waals surface area (Å²) < 4.78 is 26.6. The normalized spacial score (nSPS) is 15.3.